The Kier molecular flexibility index (Phi) is 5.92. The summed E-state index contributed by atoms with van der Waals surface area (Å²) in [6.45, 7) is 0.195. The fourth-order valence-corrected chi connectivity index (χ4v) is 3.29. The van der Waals surface area contributed by atoms with Crippen molar-refractivity contribution in [3.8, 4) is 0 Å². The zero-order chi connectivity index (χ0) is 16.9. The molecule has 0 saturated carbocycles. The van der Waals surface area contributed by atoms with Crippen LogP contribution in [0.15, 0.2) is 47.1 Å². The molecule has 0 aliphatic carbocycles. The molecule has 7 heteroatoms. The first kappa shape index (κ1) is 17.7. The highest BCUT2D eigenvalue weighted by atomic mass is 32.2. The zero-order valence-corrected chi connectivity index (χ0v) is 14.0. The van der Waals surface area contributed by atoms with Crippen molar-refractivity contribution < 1.29 is 17.2 Å². The molecule has 1 unspecified atom stereocenters. The Morgan fingerprint density at radius 3 is 2.57 bits per heavy atom. The van der Waals surface area contributed by atoms with Gasteiger partial charge in [0.1, 0.15) is 11.6 Å². The monoisotopic (exact) mass is 340 g/mol. The van der Waals surface area contributed by atoms with Crippen molar-refractivity contribution in [2.45, 2.75) is 12.5 Å². The van der Waals surface area contributed by atoms with Crippen molar-refractivity contribution >= 4 is 10.0 Å². The molecule has 1 aromatic carbocycles. The van der Waals surface area contributed by atoms with Crippen LogP contribution in [0.3, 0.4) is 0 Å². The molecular formula is C16H21FN2O3S. The van der Waals surface area contributed by atoms with Crippen LogP contribution in [0.1, 0.15) is 17.4 Å². The minimum atomic E-state index is -3.50. The number of nitrogens with one attached hydrogen (secondary N) is 1. The highest BCUT2D eigenvalue weighted by Crippen LogP contribution is 2.18. The average Bonchev–Trinajstić information content (AvgIpc) is 3.00. The van der Waals surface area contributed by atoms with E-state index in [1.807, 2.05) is 19.0 Å². The second-order valence-corrected chi connectivity index (χ2v) is 7.43. The minimum Gasteiger partial charge on any atom is -0.468 e. The molecule has 2 aromatic rings. The summed E-state index contributed by atoms with van der Waals surface area (Å²) in [6, 6.07) is 9.56. The minimum absolute atomic E-state index is 0.134. The van der Waals surface area contributed by atoms with Crippen LogP contribution in [-0.2, 0) is 16.4 Å². The van der Waals surface area contributed by atoms with E-state index in [0.29, 0.717) is 11.3 Å². The maximum Gasteiger partial charge on any atom is 0.211 e. The van der Waals surface area contributed by atoms with E-state index in [-0.39, 0.29) is 30.6 Å². The maximum absolute atomic E-state index is 13.5. The molecule has 1 aromatic heterocycles. The van der Waals surface area contributed by atoms with Gasteiger partial charge in [-0.3, -0.25) is 4.90 Å². The van der Waals surface area contributed by atoms with E-state index in [9.17, 15) is 12.8 Å². The SMILES string of the molecule is CN(C)C(CNS(=O)(=O)CCc1ccccc1F)c1ccco1. The van der Waals surface area contributed by atoms with Gasteiger partial charge in [0, 0.05) is 6.54 Å². The average molecular weight is 340 g/mol. The summed E-state index contributed by atoms with van der Waals surface area (Å²) in [6.07, 6.45) is 1.69. The van der Waals surface area contributed by atoms with Gasteiger partial charge in [0.15, 0.2) is 0 Å². The van der Waals surface area contributed by atoms with E-state index in [1.54, 1.807) is 36.6 Å². The molecule has 0 fully saturated rings. The van der Waals surface area contributed by atoms with E-state index in [2.05, 4.69) is 4.72 Å². The van der Waals surface area contributed by atoms with E-state index < -0.39 is 10.0 Å². The van der Waals surface area contributed by atoms with E-state index in [0.717, 1.165) is 0 Å². The van der Waals surface area contributed by atoms with Crippen LogP contribution in [0.5, 0.6) is 0 Å². The molecule has 2 rings (SSSR count). The topological polar surface area (TPSA) is 62.6 Å². The summed E-state index contributed by atoms with van der Waals surface area (Å²) in [5.74, 6) is 0.142. The molecule has 0 bridgehead atoms. The first-order chi connectivity index (χ1) is 10.9. The Hall–Kier alpha value is -1.70. The molecule has 0 radical (unpaired) electrons. The van der Waals surface area contributed by atoms with Gasteiger partial charge in [0.2, 0.25) is 10.0 Å². The van der Waals surface area contributed by atoms with Gasteiger partial charge in [-0.1, -0.05) is 18.2 Å². The van der Waals surface area contributed by atoms with Gasteiger partial charge in [-0.2, -0.15) is 0 Å². The van der Waals surface area contributed by atoms with Crippen LogP contribution in [0.2, 0.25) is 0 Å². The molecule has 0 amide bonds. The summed E-state index contributed by atoms with van der Waals surface area (Å²) in [5, 5.41) is 0. The van der Waals surface area contributed by atoms with Crippen LogP contribution in [0, 0.1) is 5.82 Å². The summed E-state index contributed by atoms with van der Waals surface area (Å²) in [4.78, 5) is 1.87. The second kappa shape index (κ2) is 7.72. The third-order valence-corrected chi connectivity index (χ3v) is 4.94. The van der Waals surface area contributed by atoms with Crippen molar-refractivity contribution in [1.82, 2.24) is 9.62 Å². The highest BCUT2D eigenvalue weighted by Gasteiger charge is 2.20. The molecule has 1 atom stereocenters. The number of furan rings is 1. The zero-order valence-electron chi connectivity index (χ0n) is 13.2. The number of hydrogen-bond donors (Lipinski definition) is 1. The van der Waals surface area contributed by atoms with Crippen LogP contribution in [0.25, 0.3) is 0 Å². The Labute approximate surface area is 136 Å². The fraction of sp³-hybridized carbons (Fsp3) is 0.375. The van der Waals surface area contributed by atoms with Gasteiger partial charge in [0.25, 0.3) is 0 Å². The normalized spacial score (nSPS) is 13.4. The molecule has 1 heterocycles. The van der Waals surface area contributed by atoms with Crippen molar-refractivity contribution in [3.05, 3.63) is 59.8 Å². The van der Waals surface area contributed by atoms with Crippen molar-refractivity contribution in [2.24, 2.45) is 0 Å². The molecule has 126 valence electrons. The quantitative estimate of drug-likeness (QED) is 0.800. The summed E-state index contributed by atoms with van der Waals surface area (Å²) >= 11 is 0. The van der Waals surface area contributed by atoms with Crippen molar-refractivity contribution in [3.63, 3.8) is 0 Å². The Morgan fingerprint density at radius 2 is 1.96 bits per heavy atom. The summed E-state index contributed by atoms with van der Waals surface area (Å²) in [5.41, 5.74) is 0.396. The summed E-state index contributed by atoms with van der Waals surface area (Å²) < 4.78 is 45.7. The molecule has 23 heavy (non-hydrogen) atoms. The number of rotatable bonds is 8. The number of benzene rings is 1. The predicted octanol–water partition coefficient (Wildman–Crippen LogP) is 2.18. The van der Waals surface area contributed by atoms with Crippen LogP contribution in [-0.4, -0.2) is 39.7 Å². The van der Waals surface area contributed by atoms with Crippen LogP contribution < -0.4 is 4.72 Å². The Bertz CT molecular complexity index is 715. The first-order valence-corrected chi connectivity index (χ1v) is 8.95. The fourth-order valence-electron chi connectivity index (χ4n) is 2.24. The predicted molar refractivity (Wildman–Crippen MR) is 87.0 cm³/mol. The van der Waals surface area contributed by atoms with E-state index in [4.69, 9.17) is 4.42 Å². The van der Waals surface area contributed by atoms with Gasteiger partial charge < -0.3 is 4.42 Å². The van der Waals surface area contributed by atoms with E-state index in [1.165, 1.54) is 6.07 Å². The molecule has 0 spiro atoms. The Morgan fingerprint density at radius 1 is 1.22 bits per heavy atom. The van der Waals surface area contributed by atoms with Crippen LogP contribution >= 0.6 is 0 Å². The lowest BCUT2D eigenvalue weighted by molar-refractivity contribution is 0.259. The molecule has 0 aliphatic heterocycles. The van der Waals surface area contributed by atoms with Gasteiger partial charge >= 0.3 is 0 Å². The largest absolute Gasteiger partial charge is 0.468 e. The van der Waals surface area contributed by atoms with Crippen molar-refractivity contribution in [2.75, 3.05) is 26.4 Å². The van der Waals surface area contributed by atoms with Gasteiger partial charge in [-0.25, -0.2) is 17.5 Å². The second-order valence-electron chi connectivity index (χ2n) is 5.50. The van der Waals surface area contributed by atoms with Gasteiger partial charge in [0.05, 0.1) is 18.1 Å². The Balaban J connectivity index is 1.94. The number of halogens is 1. The lowest BCUT2D eigenvalue weighted by Gasteiger charge is -2.22. The van der Waals surface area contributed by atoms with E-state index >= 15 is 0 Å². The summed E-state index contributed by atoms with van der Waals surface area (Å²) in [7, 11) is 0.195. The van der Waals surface area contributed by atoms with Crippen LogP contribution in [0.4, 0.5) is 4.39 Å². The molecule has 0 saturated heterocycles. The third kappa shape index (κ3) is 5.16. The lowest BCUT2D eigenvalue weighted by atomic mass is 10.2. The third-order valence-electron chi connectivity index (χ3n) is 3.59. The standard InChI is InChI=1S/C16H21FN2O3S/c1-19(2)15(16-8-5-10-22-16)12-18-23(20,21)11-9-13-6-3-4-7-14(13)17/h3-8,10,15,18H,9,11-12H2,1-2H3. The number of aryl methyl sites for hydroxylation is 1. The number of sulfonamides is 1. The maximum atomic E-state index is 13.5. The van der Waals surface area contributed by atoms with Crippen molar-refractivity contribution in [1.29, 1.82) is 0 Å². The first-order valence-electron chi connectivity index (χ1n) is 7.29. The lowest BCUT2D eigenvalue weighted by Crippen LogP contribution is -2.36. The molecule has 0 aliphatic rings. The highest BCUT2D eigenvalue weighted by molar-refractivity contribution is 7.89. The number of likely N-dealkylation sites (N-methyl/N-ethyl adjacent to an activating group) is 1. The molecular weight excluding hydrogens is 319 g/mol. The smallest absolute Gasteiger partial charge is 0.211 e. The number of nitrogens with zero attached hydrogens (tertiary/aromatic N) is 1. The molecule has 1 N–H and O–H groups in total. The van der Waals surface area contributed by atoms with Gasteiger partial charge in [-0.15, -0.1) is 0 Å². The number of hydrogen-bond acceptors (Lipinski definition) is 4. The molecule has 5 nitrogen and oxygen atoms in total. The van der Waals surface area contributed by atoms with Gasteiger partial charge in [-0.05, 0) is 44.3 Å².